The van der Waals surface area contributed by atoms with Crippen molar-refractivity contribution in [2.45, 2.75) is 12.1 Å². The Morgan fingerprint density at radius 2 is 2.17 bits per heavy atom. The number of hydrogen-bond acceptors (Lipinski definition) is 8. The summed E-state index contributed by atoms with van der Waals surface area (Å²) in [5, 5.41) is 23.0. The van der Waals surface area contributed by atoms with Gasteiger partial charge in [0.1, 0.15) is 5.69 Å². The van der Waals surface area contributed by atoms with Crippen molar-refractivity contribution in [3.63, 3.8) is 0 Å². The highest BCUT2D eigenvalue weighted by Crippen LogP contribution is 2.26. The van der Waals surface area contributed by atoms with E-state index in [9.17, 15) is 14.9 Å². The van der Waals surface area contributed by atoms with Gasteiger partial charge in [-0.3, -0.25) is 14.9 Å². The smallest absolute Gasteiger partial charge is 0.311 e. The van der Waals surface area contributed by atoms with Crippen LogP contribution in [0.2, 0.25) is 0 Å². The van der Waals surface area contributed by atoms with E-state index < -0.39 is 10.5 Å². The number of aryl methyl sites for hydroxylation is 1. The first kappa shape index (κ1) is 16.6. The number of nitrogens with zero attached hydrogens (tertiary/aromatic N) is 5. The molecule has 2 rings (SSSR count). The van der Waals surface area contributed by atoms with Crippen LogP contribution in [-0.2, 0) is 0 Å². The lowest BCUT2D eigenvalue weighted by Crippen LogP contribution is -2.23. The fourth-order valence-corrected chi connectivity index (χ4v) is 2.15. The molecule has 0 saturated heterocycles. The van der Waals surface area contributed by atoms with Crippen LogP contribution in [0.5, 0.6) is 5.75 Å². The molecule has 9 nitrogen and oxygen atoms in total. The van der Waals surface area contributed by atoms with Gasteiger partial charge in [0.15, 0.2) is 5.75 Å². The van der Waals surface area contributed by atoms with Gasteiger partial charge in [0.2, 0.25) is 5.16 Å². The van der Waals surface area contributed by atoms with E-state index in [-0.39, 0.29) is 17.1 Å². The summed E-state index contributed by atoms with van der Waals surface area (Å²) in [6, 6.07) is 4.38. The molecule has 1 aromatic heterocycles. The second-order valence-electron chi connectivity index (χ2n) is 4.32. The molecule has 120 valence electrons. The molecule has 0 fully saturated rings. The molecule has 0 bridgehead atoms. The molecule has 0 N–H and O–H groups in total. The Kier molecular flexibility index (Phi) is 5.06. The molecule has 0 saturated carbocycles. The number of rotatable bonds is 5. The zero-order valence-electron chi connectivity index (χ0n) is 12.6. The summed E-state index contributed by atoms with van der Waals surface area (Å²) in [5.41, 5.74) is 0.0770. The van der Waals surface area contributed by atoms with E-state index in [4.69, 9.17) is 4.74 Å². The van der Waals surface area contributed by atoms with Gasteiger partial charge < -0.3 is 4.74 Å². The molecule has 1 heterocycles. The molecule has 0 atom stereocenters. The predicted molar refractivity (Wildman–Crippen MR) is 85.5 cm³/mol. The monoisotopic (exact) mass is 335 g/mol. The standard InChI is InChI=1S/C13H13N5O4S/c1-8-12(19)17(13(23-3)16-15-8)14-7-9-4-5-11(22-2)10(6-9)18(20)21/h4-7H,1-3H3/b14-7-. The average molecular weight is 335 g/mol. The molecular formula is C13H13N5O4S. The van der Waals surface area contributed by atoms with Crippen molar-refractivity contribution in [3.8, 4) is 5.75 Å². The third kappa shape index (κ3) is 3.54. The third-order valence-corrected chi connectivity index (χ3v) is 3.49. The maximum absolute atomic E-state index is 12.1. The Morgan fingerprint density at radius 3 is 2.78 bits per heavy atom. The van der Waals surface area contributed by atoms with Crippen LogP contribution in [0.25, 0.3) is 0 Å². The van der Waals surface area contributed by atoms with E-state index in [0.717, 1.165) is 4.68 Å². The minimum absolute atomic E-state index is 0.149. The van der Waals surface area contributed by atoms with Crippen molar-refractivity contribution < 1.29 is 9.66 Å². The van der Waals surface area contributed by atoms with E-state index in [2.05, 4.69) is 15.3 Å². The lowest BCUT2D eigenvalue weighted by molar-refractivity contribution is -0.385. The Labute approximate surface area is 135 Å². The van der Waals surface area contributed by atoms with E-state index in [1.54, 1.807) is 12.3 Å². The molecule has 0 aliphatic heterocycles. The number of aromatic nitrogens is 3. The van der Waals surface area contributed by atoms with E-state index in [1.807, 2.05) is 0 Å². The van der Waals surface area contributed by atoms with Gasteiger partial charge in [0.05, 0.1) is 18.2 Å². The van der Waals surface area contributed by atoms with Crippen molar-refractivity contribution in [1.82, 2.24) is 14.9 Å². The number of nitro groups is 1. The summed E-state index contributed by atoms with van der Waals surface area (Å²) in [5.74, 6) is 0.149. The van der Waals surface area contributed by atoms with Crippen LogP contribution in [0.4, 0.5) is 5.69 Å². The van der Waals surface area contributed by atoms with Gasteiger partial charge in [-0.15, -0.1) is 10.2 Å². The highest BCUT2D eigenvalue weighted by Gasteiger charge is 2.14. The van der Waals surface area contributed by atoms with Crippen molar-refractivity contribution in [3.05, 3.63) is 49.9 Å². The molecule has 10 heteroatoms. The Morgan fingerprint density at radius 1 is 1.43 bits per heavy atom. The minimum atomic E-state index is -0.548. The molecule has 0 radical (unpaired) electrons. The normalized spacial score (nSPS) is 10.9. The first-order valence-corrected chi connectivity index (χ1v) is 7.57. The number of hydrogen-bond donors (Lipinski definition) is 0. The number of thioether (sulfide) groups is 1. The highest BCUT2D eigenvalue weighted by molar-refractivity contribution is 7.98. The number of methoxy groups -OCH3 is 1. The summed E-state index contributed by atoms with van der Waals surface area (Å²) in [7, 11) is 1.35. The van der Waals surface area contributed by atoms with Crippen LogP contribution in [0, 0.1) is 17.0 Å². The molecule has 23 heavy (non-hydrogen) atoms. The maximum Gasteiger partial charge on any atom is 0.311 e. The fourth-order valence-electron chi connectivity index (χ4n) is 1.73. The number of benzene rings is 1. The van der Waals surface area contributed by atoms with E-state index >= 15 is 0 Å². The Balaban J connectivity index is 2.46. The first-order chi connectivity index (χ1) is 11.0. The zero-order valence-corrected chi connectivity index (χ0v) is 13.4. The van der Waals surface area contributed by atoms with Crippen molar-refractivity contribution in [1.29, 1.82) is 0 Å². The minimum Gasteiger partial charge on any atom is -0.490 e. The maximum atomic E-state index is 12.1. The van der Waals surface area contributed by atoms with Crippen LogP contribution in [0.15, 0.2) is 33.3 Å². The van der Waals surface area contributed by atoms with Gasteiger partial charge >= 0.3 is 5.69 Å². The molecular weight excluding hydrogens is 322 g/mol. The highest BCUT2D eigenvalue weighted by atomic mass is 32.2. The summed E-state index contributed by atoms with van der Waals surface area (Å²) in [4.78, 5) is 22.5. The van der Waals surface area contributed by atoms with Crippen molar-refractivity contribution in [2.75, 3.05) is 13.4 Å². The molecule has 0 spiro atoms. The van der Waals surface area contributed by atoms with Gasteiger partial charge in [-0.1, -0.05) is 11.8 Å². The van der Waals surface area contributed by atoms with Gasteiger partial charge in [-0.05, 0) is 25.3 Å². The second kappa shape index (κ2) is 7.01. The Bertz CT molecular complexity index is 834. The topological polar surface area (TPSA) is 113 Å². The summed E-state index contributed by atoms with van der Waals surface area (Å²) < 4.78 is 6.03. The molecule has 1 aromatic carbocycles. The summed E-state index contributed by atoms with van der Waals surface area (Å²) >= 11 is 1.21. The average Bonchev–Trinajstić information content (AvgIpc) is 2.55. The lowest BCUT2D eigenvalue weighted by Gasteiger charge is -2.04. The second-order valence-corrected chi connectivity index (χ2v) is 5.10. The van der Waals surface area contributed by atoms with Crippen LogP contribution in [0.1, 0.15) is 11.3 Å². The largest absolute Gasteiger partial charge is 0.490 e. The number of nitro benzene ring substituents is 1. The summed E-state index contributed by atoms with van der Waals surface area (Å²) in [6.07, 6.45) is 3.08. The zero-order chi connectivity index (χ0) is 17.0. The Hall–Kier alpha value is -2.75. The van der Waals surface area contributed by atoms with Crippen LogP contribution < -0.4 is 10.3 Å². The van der Waals surface area contributed by atoms with Crippen LogP contribution >= 0.6 is 11.8 Å². The van der Waals surface area contributed by atoms with Gasteiger partial charge in [0, 0.05) is 11.6 Å². The molecule has 0 aliphatic rings. The third-order valence-electron chi connectivity index (χ3n) is 2.87. The lowest BCUT2D eigenvalue weighted by atomic mass is 10.2. The van der Waals surface area contributed by atoms with Gasteiger partial charge in [0.25, 0.3) is 5.56 Å². The van der Waals surface area contributed by atoms with Crippen molar-refractivity contribution in [2.24, 2.45) is 5.10 Å². The van der Waals surface area contributed by atoms with Crippen molar-refractivity contribution >= 4 is 23.7 Å². The quantitative estimate of drug-likeness (QED) is 0.352. The summed E-state index contributed by atoms with van der Waals surface area (Å²) in [6.45, 7) is 1.53. The molecule has 0 aliphatic carbocycles. The predicted octanol–water partition coefficient (Wildman–Crippen LogP) is 1.47. The van der Waals surface area contributed by atoms with Crippen LogP contribution in [0.3, 0.4) is 0 Å². The fraction of sp³-hybridized carbons (Fsp3) is 0.231. The molecule has 0 amide bonds. The SMILES string of the molecule is COc1ccc(/C=N\n2c(SC)nnc(C)c2=O)cc1[N+](=O)[O-]. The molecule has 2 aromatic rings. The molecule has 0 unspecified atom stereocenters. The van der Waals surface area contributed by atoms with Crippen LogP contribution in [-0.4, -0.2) is 39.4 Å². The van der Waals surface area contributed by atoms with Gasteiger partial charge in [-0.2, -0.15) is 9.78 Å². The number of ether oxygens (including phenoxy) is 1. The first-order valence-electron chi connectivity index (χ1n) is 6.35. The van der Waals surface area contributed by atoms with E-state index in [0.29, 0.717) is 10.7 Å². The van der Waals surface area contributed by atoms with Gasteiger partial charge in [-0.25, -0.2) is 0 Å². The van der Waals surface area contributed by atoms with E-state index in [1.165, 1.54) is 44.1 Å².